The summed E-state index contributed by atoms with van der Waals surface area (Å²) in [6.45, 7) is 4.51. The molecule has 2 fully saturated rings. The highest BCUT2D eigenvalue weighted by atomic mass is 19.4. The Hall–Kier alpha value is -3.45. The van der Waals surface area contributed by atoms with Crippen molar-refractivity contribution in [2.24, 2.45) is 0 Å². The topological polar surface area (TPSA) is 94.9 Å². The van der Waals surface area contributed by atoms with Gasteiger partial charge in [-0.05, 0) is 37.1 Å². The molecule has 3 N–H and O–H groups in total. The molecule has 9 nitrogen and oxygen atoms in total. The molecule has 1 aromatic heterocycles. The van der Waals surface area contributed by atoms with E-state index in [1.807, 2.05) is 35.4 Å². The van der Waals surface area contributed by atoms with Gasteiger partial charge in [-0.25, -0.2) is 0 Å². The molecule has 3 aliphatic rings. The summed E-state index contributed by atoms with van der Waals surface area (Å²) in [5.41, 5.74) is 2.19. The van der Waals surface area contributed by atoms with Crippen molar-refractivity contribution in [1.29, 1.82) is 0 Å². The minimum absolute atomic E-state index is 0.0341. The van der Waals surface area contributed by atoms with Crippen molar-refractivity contribution in [1.82, 2.24) is 25.3 Å². The Kier molecular flexibility index (Phi) is 8.22. The number of ether oxygens (including phenoxy) is 1. The van der Waals surface area contributed by atoms with Crippen LogP contribution in [0.15, 0.2) is 54.7 Å². The van der Waals surface area contributed by atoms with Crippen molar-refractivity contribution in [3.8, 4) is 17.0 Å². The van der Waals surface area contributed by atoms with E-state index in [1.54, 1.807) is 4.68 Å². The predicted molar refractivity (Wildman–Crippen MR) is 151 cm³/mol. The number of halogens is 3. The number of fused-ring (bicyclic) bond motifs is 1. The van der Waals surface area contributed by atoms with E-state index in [-0.39, 0.29) is 31.1 Å². The highest BCUT2D eigenvalue weighted by Gasteiger charge is 2.34. The second-order valence-electron chi connectivity index (χ2n) is 11.1. The quantitative estimate of drug-likeness (QED) is 0.393. The number of carbonyl (C=O) groups is 1. The molecule has 0 bridgehead atoms. The van der Waals surface area contributed by atoms with E-state index in [2.05, 4.69) is 15.5 Å². The molecule has 42 heavy (non-hydrogen) atoms. The number of aliphatic hydroxyl groups excluding tert-OH is 1. The lowest BCUT2D eigenvalue weighted by Gasteiger charge is -2.41. The number of aromatic nitrogens is 2. The number of nitrogens with zero attached hydrogens (tertiary/aromatic N) is 4. The lowest BCUT2D eigenvalue weighted by atomic mass is 10.0. The van der Waals surface area contributed by atoms with E-state index in [0.29, 0.717) is 24.3 Å². The first kappa shape index (κ1) is 28.7. The summed E-state index contributed by atoms with van der Waals surface area (Å²) >= 11 is 0. The number of carbonyl (C=O) groups excluding carboxylic acids is 1. The maximum atomic E-state index is 13.1. The summed E-state index contributed by atoms with van der Waals surface area (Å²) in [6, 6.07) is 12.7. The number of amides is 1. The number of hydrogen-bond donors (Lipinski definition) is 3. The first-order chi connectivity index (χ1) is 20.3. The molecule has 2 unspecified atom stereocenters. The third-order valence-corrected chi connectivity index (χ3v) is 8.23. The molecule has 2 saturated heterocycles. The number of anilines is 1. The second-order valence-corrected chi connectivity index (χ2v) is 11.1. The number of likely N-dealkylation sites (tertiary alicyclic amines) is 1. The molecule has 2 atom stereocenters. The van der Waals surface area contributed by atoms with Gasteiger partial charge in [-0.1, -0.05) is 24.3 Å². The number of benzene rings is 2. The fraction of sp³-hybridized carbons (Fsp3) is 0.467. The van der Waals surface area contributed by atoms with Gasteiger partial charge in [0.15, 0.2) is 6.61 Å². The summed E-state index contributed by atoms with van der Waals surface area (Å²) in [6.07, 6.45) is -1.64. The van der Waals surface area contributed by atoms with E-state index < -0.39 is 17.8 Å². The molecule has 0 saturated carbocycles. The molecule has 224 valence electrons. The zero-order valence-electron chi connectivity index (χ0n) is 23.2. The molecule has 6 rings (SSSR count). The molecular formula is C30H35F3N6O3. The fourth-order valence-electron chi connectivity index (χ4n) is 6.15. The van der Waals surface area contributed by atoms with E-state index in [4.69, 9.17) is 9.84 Å². The SMILES string of the molecule is O=C1COc2ccccc2N1C1CCN(CC(O)Cn2cc(C3CNCCN3)c(-c3ccc(C(F)(F)F)cc3)n2)CC1. The van der Waals surface area contributed by atoms with Gasteiger partial charge in [0, 0.05) is 68.7 Å². The van der Waals surface area contributed by atoms with Crippen LogP contribution >= 0.6 is 0 Å². The maximum absolute atomic E-state index is 13.1. The average Bonchev–Trinajstić information content (AvgIpc) is 3.41. The molecule has 4 heterocycles. The summed E-state index contributed by atoms with van der Waals surface area (Å²) < 4.78 is 46.7. The number of nitrogens with one attached hydrogen (secondary N) is 2. The zero-order valence-corrected chi connectivity index (χ0v) is 23.2. The van der Waals surface area contributed by atoms with Crippen LogP contribution < -0.4 is 20.3 Å². The van der Waals surface area contributed by atoms with Gasteiger partial charge in [0.2, 0.25) is 0 Å². The minimum Gasteiger partial charge on any atom is -0.482 e. The third kappa shape index (κ3) is 6.17. The Morgan fingerprint density at radius 1 is 1.05 bits per heavy atom. The average molecular weight is 585 g/mol. The lowest BCUT2D eigenvalue weighted by Crippen LogP contribution is -2.51. The summed E-state index contributed by atoms with van der Waals surface area (Å²) in [4.78, 5) is 16.8. The Morgan fingerprint density at radius 3 is 2.52 bits per heavy atom. The van der Waals surface area contributed by atoms with Crippen LogP contribution in [-0.4, -0.2) is 83.7 Å². The minimum atomic E-state index is -4.41. The van der Waals surface area contributed by atoms with Crippen molar-refractivity contribution in [2.75, 3.05) is 50.8 Å². The first-order valence-corrected chi connectivity index (χ1v) is 14.4. The number of aliphatic hydroxyl groups is 1. The maximum Gasteiger partial charge on any atom is 0.416 e. The third-order valence-electron chi connectivity index (χ3n) is 8.23. The normalized spacial score (nSPS) is 21.2. The molecule has 2 aromatic carbocycles. The fourth-order valence-corrected chi connectivity index (χ4v) is 6.15. The number of piperazine rings is 1. The Bertz CT molecular complexity index is 1380. The molecule has 0 spiro atoms. The summed E-state index contributed by atoms with van der Waals surface area (Å²) in [7, 11) is 0. The molecule has 3 aromatic rings. The van der Waals surface area contributed by atoms with Gasteiger partial charge < -0.3 is 30.3 Å². The van der Waals surface area contributed by atoms with Gasteiger partial charge in [-0.2, -0.15) is 18.3 Å². The van der Waals surface area contributed by atoms with Crippen molar-refractivity contribution in [2.45, 2.75) is 43.8 Å². The Balaban J connectivity index is 1.11. The smallest absolute Gasteiger partial charge is 0.416 e. The van der Waals surface area contributed by atoms with Gasteiger partial charge in [0.25, 0.3) is 5.91 Å². The van der Waals surface area contributed by atoms with Crippen LogP contribution in [0, 0.1) is 0 Å². The summed E-state index contributed by atoms with van der Waals surface area (Å²) in [5, 5.41) is 22.5. The number of piperidine rings is 1. The van der Waals surface area contributed by atoms with Crippen LogP contribution in [0.1, 0.15) is 30.0 Å². The van der Waals surface area contributed by atoms with Gasteiger partial charge in [-0.15, -0.1) is 0 Å². The highest BCUT2D eigenvalue weighted by molar-refractivity contribution is 5.98. The molecule has 3 aliphatic heterocycles. The van der Waals surface area contributed by atoms with E-state index >= 15 is 0 Å². The number of β-amino-alcohol motifs (C(OH)–C–C–N with tert-alkyl or cyclic N) is 1. The number of para-hydroxylation sites is 2. The standard InChI is InChI=1S/C30H35F3N6O3/c31-30(32,33)21-7-5-20(6-8-21)29-24(25-15-34-11-12-35-25)18-38(36-29)17-23(40)16-37-13-9-22(10-14-37)39-26-3-1-2-4-27(26)42-19-28(39)41/h1-8,18,22-23,25,34-35,40H,9-17,19H2. The number of rotatable bonds is 7. The van der Waals surface area contributed by atoms with Crippen molar-refractivity contribution in [3.63, 3.8) is 0 Å². The Labute approximate surface area is 242 Å². The van der Waals surface area contributed by atoms with Crippen molar-refractivity contribution >= 4 is 11.6 Å². The van der Waals surface area contributed by atoms with E-state index in [1.165, 1.54) is 12.1 Å². The predicted octanol–water partition coefficient (Wildman–Crippen LogP) is 3.05. The van der Waals surface area contributed by atoms with Gasteiger partial charge >= 0.3 is 6.18 Å². The largest absolute Gasteiger partial charge is 0.482 e. The number of hydrogen-bond acceptors (Lipinski definition) is 7. The van der Waals surface area contributed by atoms with Crippen LogP contribution in [0.5, 0.6) is 5.75 Å². The van der Waals surface area contributed by atoms with Crippen LogP contribution in [0.3, 0.4) is 0 Å². The summed E-state index contributed by atoms with van der Waals surface area (Å²) in [5.74, 6) is 0.691. The van der Waals surface area contributed by atoms with Crippen LogP contribution in [0.2, 0.25) is 0 Å². The van der Waals surface area contributed by atoms with Crippen LogP contribution in [-0.2, 0) is 17.5 Å². The van der Waals surface area contributed by atoms with Crippen LogP contribution in [0.25, 0.3) is 11.3 Å². The lowest BCUT2D eigenvalue weighted by molar-refractivity contribution is -0.137. The van der Waals surface area contributed by atoms with Crippen LogP contribution in [0.4, 0.5) is 18.9 Å². The molecule has 12 heteroatoms. The first-order valence-electron chi connectivity index (χ1n) is 14.4. The monoisotopic (exact) mass is 584 g/mol. The number of alkyl halides is 3. The second kappa shape index (κ2) is 12.0. The van der Waals surface area contributed by atoms with Gasteiger partial charge in [-0.3, -0.25) is 9.48 Å². The van der Waals surface area contributed by atoms with Gasteiger partial charge in [0.05, 0.1) is 29.6 Å². The van der Waals surface area contributed by atoms with E-state index in [0.717, 1.165) is 68.2 Å². The van der Waals surface area contributed by atoms with Crippen molar-refractivity contribution < 1.29 is 27.8 Å². The molecule has 1 amide bonds. The Morgan fingerprint density at radius 2 is 1.81 bits per heavy atom. The van der Waals surface area contributed by atoms with E-state index in [9.17, 15) is 23.1 Å². The highest BCUT2D eigenvalue weighted by Crippen LogP contribution is 2.36. The van der Waals surface area contributed by atoms with Gasteiger partial charge in [0.1, 0.15) is 5.75 Å². The molecule has 0 aliphatic carbocycles. The molecular weight excluding hydrogens is 549 g/mol. The van der Waals surface area contributed by atoms with Crippen molar-refractivity contribution in [3.05, 3.63) is 65.9 Å². The molecule has 0 radical (unpaired) electrons. The zero-order chi connectivity index (χ0) is 29.3.